The molecule has 28 heavy (non-hydrogen) atoms. The predicted octanol–water partition coefficient (Wildman–Crippen LogP) is 3.61. The van der Waals surface area contributed by atoms with E-state index in [-0.39, 0.29) is 17.5 Å². The second kappa shape index (κ2) is 5.49. The van der Waals surface area contributed by atoms with E-state index in [4.69, 9.17) is 14.7 Å². The van der Waals surface area contributed by atoms with E-state index in [2.05, 4.69) is 0 Å². The molecule has 0 radical (unpaired) electrons. The minimum absolute atomic E-state index is 0.124. The van der Waals surface area contributed by atoms with Gasteiger partial charge in [0.05, 0.1) is 40.9 Å². The van der Waals surface area contributed by atoms with Crippen molar-refractivity contribution in [1.29, 1.82) is 5.26 Å². The van der Waals surface area contributed by atoms with Crippen LogP contribution in [0.25, 0.3) is 0 Å². The molecule has 5 nitrogen and oxygen atoms in total. The Bertz CT molecular complexity index is 911. The molecule has 1 spiro atoms. The van der Waals surface area contributed by atoms with E-state index in [0.717, 1.165) is 25.0 Å². The first-order valence-electron chi connectivity index (χ1n) is 9.52. The highest BCUT2D eigenvalue weighted by molar-refractivity contribution is 6.00. The molecule has 0 N–H and O–H groups in total. The van der Waals surface area contributed by atoms with E-state index < -0.39 is 40.7 Å². The molecule has 1 aromatic rings. The van der Waals surface area contributed by atoms with Crippen LogP contribution in [-0.2, 0) is 20.4 Å². The third-order valence-electron chi connectivity index (χ3n) is 7.10. The molecule has 0 saturated carbocycles. The monoisotopic (exact) mass is 392 g/mol. The van der Waals surface area contributed by atoms with E-state index in [0.29, 0.717) is 19.4 Å². The van der Waals surface area contributed by atoms with Gasteiger partial charge in [-0.2, -0.15) is 18.4 Å². The van der Waals surface area contributed by atoms with Gasteiger partial charge in [0.15, 0.2) is 0 Å². The maximum atomic E-state index is 13.4. The van der Waals surface area contributed by atoms with E-state index in [1.165, 1.54) is 11.0 Å². The van der Waals surface area contributed by atoms with E-state index in [9.17, 15) is 18.0 Å². The second-order valence-corrected chi connectivity index (χ2v) is 8.15. The van der Waals surface area contributed by atoms with Gasteiger partial charge in [0.1, 0.15) is 6.23 Å². The van der Waals surface area contributed by atoms with Crippen LogP contribution in [0.5, 0.6) is 0 Å². The smallest absolute Gasteiger partial charge is 0.367 e. The van der Waals surface area contributed by atoms with Gasteiger partial charge in [-0.15, -0.1) is 0 Å². The summed E-state index contributed by atoms with van der Waals surface area (Å²) in [5.74, 6) is -0.813. The van der Waals surface area contributed by atoms with Gasteiger partial charge in [-0.1, -0.05) is 6.92 Å². The fraction of sp³-hybridized carbons (Fsp3) is 0.600. The molecule has 3 unspecified atom stereocenters. The van der Waals surface area contributed by atoms with Gasteiger partial charge in [-0.05, 0) is 37.5 Å². The highest BCUT2D eigenvalue weighted by atomic mass is 19.4. The van der Waals surface area contributed by atoms with Crippen LogP contribution in [0.1, 0.15) is 43.7 Å². The minimum Gasteiger partial charge on any atom is -0.367 e. The Morgan fingerprint density at radius 2 is 2.11 bits per heavy atom. The number of ether oxygens (including phenoxy) is 2. The molecule has 2 bridgehead atoms. The molecule has 5 rings (SSSR count). The SMILES string of the molecule is CCC12CCC3(CCOC4[C@H]3[C@H]1C(=O)N4c1ccc(C#N)c(C(F)(F)F)c1)O2. The van der Waals surface area contributed by atoms with Gasteiger partial charge in [-0.3, -0.25) is 9.69 Å². The standard InChI is InChI=1S/C20H19F3N2O3/c1-2-18-5-6-19(28-18)7-8-27-17-15(19)14(18)16(26)25(17)12-4-3-11(10-24)13(9-12)20(21,22)23/h3-4,9,14-15,17H,2,5-8H2,1H3/t14-,15+,17?,18?,19?/m0/s1. The summed E-state index contributed by atoms with van der Waals surface area (Å²) in [7, 11) is 0. The second-order valence-electron chi connectivity index (χ2n) is 8.15. The van der Waals surface area contributed by atoms with Crippen LogP contribution in [-0.4, -0.2) is 29.9 Å². The first-order chi connectivity index (χ1) is 13.3. The summed E-state index contributed by atoms with van der Waals surface area (Å²) in [5.41, 5.74) is -2.35. The zero-order chi connectivity index (χ0) is 19.9. The molecule has 4 fully saturated rings. The fourth-order valence-corrected chi connectivity index (χ4v) is 5.88. The Labute approximate surface area is 160 Å². The molecular formula is C20H19F3N2O3. The molecule has 4 aliphatic rings. The topological polar surface area (TPSA) is 62.6 Å². The summed E-state index contributed by atoms with van der Waals surface area (Å²) >= 11 is 0. The molecule has 0 aliphatic carbocycles. The number of nitrogens with zero attached hydrogens (tertiary/aromatic N) is 2. The Hall–Kier alpha value is -2.11. The highest BCUT2D eigenvalue weighted by Gasteiger charge is 2.75. The molecule has 148 valence electrons. The number of benzene rings is 1. The number of carbonyl (C=O) groups excluding carboxylic acids is 1. The number of carbonyl (C=O) groups is 1. The Balaban J connectivity index is 1.62. The van der Waals surface area contributed by atoms with Crippen molar-refractivity contribution in [2.45, 2.75) is 56.2 Å². The van der Waals surface area contributed by atoms with E-state index >= 15 is 0 Å². The number of anilines is 1. The van der Waals surface area contributed by atoms with E-state index in [1.807, 2.05) is 6.92 Å². The molecule has 1 amide bonds. The molecule has 8 heteroatoms. The average Bonchev–Trinajstić information content (AvgIpc) is 3.29. The number of hydrogen-bond acceptors (Lipinski definition) is 4. The van der Waals surface area contributed by atoms with Crippen LogP contribution in [0.3, 0.4) is 0 Å². The largest absolute Gasteiger partial charge is 0.417 e. The summed E-state index contributed by atoms with van der Waals surface area (Å²) in [4.78, 5) is 14.8. The van der Waals surface area contributed by atoms with Crippen molar-refractivity contribution < 1.29 is 27.4 Å². The number of amides is 1. The first kappa shape index (κ1) is 18.0. The molecule has 1 aromatic carbocycles. The van der Waals surface area contributed by atoms with E-state index in [1.54, 1.807) is 6.07 Å². The van der Waals surface area contributed by atoms with Crippen molar-refractivity contribution in [1.82, 2.24) is 0 Å². The third kappa shape index (κ3) is 2.06. The van der Waals surface area contributed by atoms with Crippen LogP contribution in [0.15, 0.2) is 18.2 Å². The number of halogens is 3. The maximum Gasteiger partial charge on any atom is 0.417 e. The zero-order valence-corrected chi connectivity index (χ0v) is 15.3. The summed E-state index contributed by atoms with van der Waals surface area (Å²) in [6.45, 7) is 2.39. The van der Waals surface area contributed by atoms with Crippen LogP contribution in [0.2, 0.25) is 0 Å². The molecule has 4 saturated heterocycles. The lowest BCUT2D eigenvalue weighted by Gasteiger charge is -2.41. The van der Waals surface area contributed by atoms with Crippen LogP contribution < -0.4 is 4.90 Å². The number of fused-ring (bicyclic) bond motifs is 2. The van der Waals surface area contributed by atoms with Crippen molar-refractivity contribution in [3.8, 4) is 6.07 Å². The van der Waals surface area contributed by atoms with Gasteiger partial charge >= 0.3 is 6.18 Å². The minimum atomic E-state index is -4.68. The van der Waals surface area contributed by atoms with Gasteiger partial charge in [-0.25, -0.2) is 0 Å². The number of hydrogen-bond donors (Lipinski definition) is 0. The van der Waals surface area contributed by atoms with Crippen molar-refractivity contribution in [3.63, 3.8) is 0 Å². The molecule has 4 heterocycles. The highest BCUT2D eigenvalue weighted by Crippen LogP contribution is 2.66. The lowest BCUT2D eigenvalue weighted by atomic mass is 9.65. The summed E-state index contributed by atoms with van der Waals surface area (Å²) < 4.78 is 52.6. The predicted molar refractivity (Wildman–Crippen MR) is 91.1 cm³/mol. The molecular weight excluding hydrogens is 373 g/mol. The first-order valence-corrected chi connectivity index (χ1v) is 9.52. The third-order valence-corrected chi connectivity index (χ3v) is 7.10. The van der Waals surface area contributed by atoms with Gasteiger partial charge in [0.25, 0.3) is 0 Å². The summed E-state index contributed by atoms with van der Waals surface area (Å²) in [6, 6.07) is 5.00. The fourth-order valence-electron chi connectivity index (χ4n) is 5.88. The lowest BCUT2D eigenvalue weighted by Crippen LogP contribution is -2.51. The van der Waals surface area contributed by atoms with Crippen molar-refractivity contribution in [2.75, 3.05) is 11.5 Å². The van der Waals surface area contributed by atoms with Gasteiger partial charge < -0.3 is 9.47 Å². The molecule has 0 aromatic heterocycles. The Kier molecular flexibility index (Phi) is 3.52. The number of rotatable bonds is 2. The normalized spacial score (nSPS) is 38.6. The average molecular weight is 392 g/mol. The Morgan fingerprint density at radius 1 is 1.32 bits per heavy atom. The summed E-state index contributed by atoms with van der Waals surface area (Å²) in [6.07, 6.45) is -2.28. The molecule has 4 aliphatic heterocycles. The van der Waals surface area contributed by atoms with Crippen molar-refractivity contribution >= 4 is 11.6 Å². The summed E-state index contributed by atoms with van der Waals surface area (Å²) in [5, 5.41) is 9.03. The van der Waals surface area contributed by atoms with Crippen molar-refractivity contribution in [3.05, 3.63) is 29.3 Å². The van der Waals surface area contributed by atoms with Gasteiger partial charge in [0.2, 0.25) is 5.91 Å². The van der Waals surface area contributed by atoms with Crippen LogP contribution in [0.4, 0.5) is 18.9 Å². The quantitative estimate of drug-likeness (QED) is 0.771. The van der Waals surface area contributed by atoms with Gasteiger partial charge in [0, 0.05) is 18.0 Å². The number of alkyl halides is 3. The van der Waals surface area contributed by atoms with Crippen molar-refractivity contribution in [2.24, 2.45) is 11.8 Å². The maximum absolute atomic E-state index is 13.4. The zero-order valence-electron chi connectivity index (χ0n) is 15.3. The van der Waals surface area contributed by atoms with Crippen LogP contribution in [0, 0.1) is 23.2 Å². The molecule has 5 atom stereocenters. The Morgan fingerprint density at radius 3 is 2.79 bits per heavy atom. The van der Waals surface area contributed by atoms with Crippen LogP contribution >= 0.6 is 0 Å². The number of nitriles is 1. The lowest BCUT2D eigenvalue weighted by molar-refractivity contribution is -0.143.